The van der Waals surface area contributed by atoms with E-state index in [9.17, 15) is 0 Å². The van der Waals surface area contributed by atoms with Crippen LogP contribution in [0, 0.1) is 0 Å². The normalized spacial score (nSPS) is 11.1. The van der Waals surface area contributed by atoms with E-state index in [1.807, 2.05) is 56.7 Å². The smallest absolute Gasteiger partial charge is 0.219 e. The van der Waals surface area contributed by atoms with Crippen molar-refractivity contribution in [3.05, 3.63) is 109 Å². The maximum atomic E-state index is 5.97. The van der Waals surface area contributed by atoms with Gasteiger partial charge in [0.25, 0.3) is 0 Å². The predicted octanol–water partition coefficient (Wildman–Crippen LogP) is 7.10. The number of para-hydroxylation sites is 1. The number of pyridine rings is 2. The van der Waals surface area contributed by atoms with Crippen LogP contribution in [0.15, 0.2) is 109 Å². The zero-order valence-corrected chi connectivity index (χ0v) is 19.6. The standard InChI is InChI=1S/C30H24N4O/c1-33(2)23-14-16-29(32-20-23)34-27-11-4-3-10-25(27)26-15-13-22(19-28(26)34)21-8-7-9-24(18-21)35-30-12-5-6-17-31-30/h3-20H,1-2H3. The predicted molar refractivity (Wildman–Crippen MR) is 143 cm³/mol. The summed E-state index contributed by atoms with van der Waals surface area (Å²) in [7, 11) is 4.05. The van der Waals surface area contributed by atoms with Crippen LogP contribution in [-0.2, 0) is 0 Å². The molecule has 0 saturated heterocycles. The van der Waals surface area contributed by atoms with Gasteiger partial charge in [0, 0.05) is 37.1 Å². The van der Waals surface area contributed by atoms with Gasteiger partial charge in [-0.25, -0.2) is 9.97 Å². The zero-order valence-electron chi connectivity index (χ0n) is 19.6. The fourth-order valence-electron chi connectivity index (χ4n) is 4.44. The fourth-order valence-corrected chi connectivity index (χ4v) is 4.44. The van der Waals surface area contributed by atoms with Crippen LogP contribution in [0.5, 0.6) is 11.6 Å². The Labute approximate surface area is 203 Å². The van der Waals surface area contributed by atoms with Crippen molar-refractivity contribution in [1.82, 2.24) is 14.5 Å². The number of hydrogen-bond donors (Lipinski definition) is 0. The Balaban J connectivity index is 1.48. The average molecular weight is 457 g/mol. The highest BCUT2D eigenvalue weighted by Crippen LogP contribution is 2.35. The van der Waals surface area contributed by atoms with Gasteiger partial charge in [-0.1, -0.05) is 48.5 Å². The minimum Gasteiger partial charge on any atom is -0.439 e. The first-order chi connectivity index (χ1) is 17.2. The third kappa shape index (κ3) is 3.87. The number of fused-ring (bicyclic) bond motifs is 3. The van der Waals surface area contributed by atoms with Gasteiger partial charge in [0.2, 0.25) is 5.88 Å². The molecule has 0 spiro atoms. The van der Waals surface area contributed by atoms with Crippen molar-refractivity contribution in [3.8, 4) is 28.6 Å². The molecule has 170 valence electrons. The summed E-state index contributed by atoms with van der Waals surface area (Å²) in [5.74, 6) is 2.22. The van der Waals surface area contributed by atoms with E-state index >= 15 is 0 Å². The largest absolute Gasteiger partial charge is 0.439 e. The second-order valence-corrected chi connectivity index (χ2v) is 8.65. The summed E-state index contributed by atoms with van der Waals surface area (Å²) in [6.45, 7) is 0. The maximum absolute atomic E-state index is 5.97. The monoisotopic (exact) mass is 456 g/mol. The van der Waals surface area contributed by atoms with Crippen LogP contribution in [0.4, 0.5) is 5.69 Å². The molecule has 5 nitrogen and oxygen atoms in total. The summed E-state index contributed by atoms with van der Waals surface area (Å²) in [4.78, 5) is 11.1. The van der Waals surface area contributed by atoms with E-state index in [1.165, 1.54) is 10.8 Å². The third-order valence-corrected chi connectivity index (χ3v) is 6.18. The molecule has 0 aliphatic rings. The van der Waals surface area contributed by atoms with Gasteiger partial charge < -0.3 is 9.64 Å². The number of nitrogens with zero attached hydrogens (tertiary/aromatic N) is 4. The SMILES string of the molecule is CN(C)c1ccc(-n2c3ccccc3c3ccc(-c4cccc(Oc5ccccn5)c4)cc32)nc1. The molecule has 0 fully saturated rings. The Morgan fingerprint density at radius 2 is 1.51 bits per heavy atom. The average Bonchev–Trinajstić information content (AvgIpc) is 3.23. The first-order valence-corrected chi connectivity index (χ1v) is 11.5. The Kier molecular flexibility index (Phi) is 5.15. The molecule has 0 bridgehead atoms. The first-order valence-electron chi connectivity index (χ1n) is 11.5. The summed E-state index contributed by atoms with van der Waals surface area (Å²) in [6.07, 6.45) is 3.64. The van der Waals surface area contributed by atoms with Crippen molar-refractivity contribution in [1.29, 1.82) is 0 Å². The molecule has 3 heterocycles. The first kappa shape index (κ1) is 20.9. The molecule has 3 aromatic heterocycles. The number of hydrogen-bond acceptors (Lipinski definition) is 4. The summed E-state index contributed by atoms with van der Waals surface area (Å²) in [5.41, 5.74) is 5.51. The lowest BCUT2D eigenvalue weighted by Gasteiger charge is -2.13. The van der Waals surface area contributed by atoms with Gasteiger partial charge in [0.1, 0.15) is 11.6 Å². The molecule has 3 aromatic carbocycles. The lowest BCUT2D eigenvalue weighted by molar-refractivity contribution is 0.463. The molecule has 6 aromatic rings. The molecule has 0 saturated carbocycles. The molecule has 0 aliphatic carbocycles. The van der Waals surface area contributed by atoms with Gasteiger partial charge in [-0.3, -0.25) is 4.57 Å². The molecule has 0 amide bonds. The molecule has 0 unspecified atom stereocenters. The zero-order chi connectivity index (χ0) is 23.8. The van der Waals surface area contributed by atoms with Crippen molar-refractivity contribution in [2.24, 2.45) is 0 Å². The van der Waals surface area contributed by atoms with E-state index in [-0.39, 0.29) is 0 Å². The van der Waals surface area contributed by atoms with E-state index < -0.39 is 0 Å². The van der Waals surface area contributed by atoms with E-state index in [0.29, 0.717) is 5.88 Å². The van der Waals surface area contributed by atoms with Gasteiger partial charge in [-0.15, -0.1) is 0 Å². The van der Waals surface area contributed by atoms with Crippen LogP contribution in [0.1, 0.15) is 0 Å². The molecule has 0 atom stereocenters. The van der Waals surface area contributed by atoms with E-state index in [4.69, 9.17) is 9.72 Å². The summed E-state index contributed by atoms with van der Waals surface area (Å²) < 4.78 is 8.21. The van der Waals surface area contributed by atoms with Crippen molar-refractivity contribution >= 4 is 27.5 Å². The Morgan fingerprint density at radius 3 is 2.31 bits per heavy atom. The Morgan fingerprint density at radius 1 is 0.686 bits per heavy atom. The van der Waals surface area contributed by atoms with Crippen LogP contribution in [0.25, 0.3) is 38.8 Å². The summed E-state index contributed by atoms with van der Waals surface area (Å²) in [5, 5.41) is 2.41. The quantitative estimate of drug-likeness (QED) is 0.277. The maximum Gasteiger partial charge on any atom is 0.219 e. The van der Waals surface area contributed by atoms with Crippen LogP contribution in [0.3, 0.4) is 0 Å². The second kappa shape index (κ2) is 8.61. The molecular weight excluding hydrogens is 432 g/mol. The molecule has 0 radical (unpaired) electrons. The summed E-state index contributed by atoms with van der Waals surface area (Å²) >= 11 is 0. The summed E-state index contributed by atoms with van der Waals surface area (Å²) in [6, 6.07) is 33.0. The highest BCUT2D eigenvalue weighted by Gasteiger charge is 2.14. The lowest BCUT2D eigenvalue weighted by Crippen LogP contribution is -2.09. The Hall–Kier alpha value is -4.64. The third-order valence-electron chi connectivity index (χ3n) is 6.18. The molecule has 35 heavy (non-hydrogen) atoms. The number of ether oxygens (including phenoxy) is 1. The number of aromatic nitrogens is 3. The number of rotatable bonds is 5. The van der Waals surface area contributed by atoms with E-state index in [1.54, 1.807) is 6.20 Å². The van der Waals surface area contributed by atoms with Crippen molar-refractivity contribution in [3.63, 3.8) is 0 Å². The molecule has 0 N–H and O–H groups in total. The van der Waals surface area contributed by atoms with Gasteiger partial charge >= 0.3 is 0 Å². The number of anilines is 1. The van der Waals surface area contributed by atoms with Crippen LogP contribution >= 0.6 is 0 Å². The topological polar surface area (TPSA) is 43.2 Å². The minimum absolute atomic E-state index is 0.576. The van der Waals surface area contributed by atoms with Gasteiger partial charge in [-0.05, 0) is 53.6 Å². The molecule has 0 aliphatic heterocycles. The lowest BCUT2D eigenvalue weighted by atomic mass is 10.0. The van der Waals surface area contributed by atoms with Crippen LogP contribution < -0.4 is 9.64 Å². The van der Waals surface area contributed by atoms with Crippen molar-refractivity contribution in [2.45, 2.75) is 0 Å². The van der Waals surface area contributed by atoms with Crippen LogP contribution in [-0.4, -0.2) is 28.6 Å². The second-order valence-electron chi connectivity index (χ2n) is 8.65. The fraction of sp³-hybridized carbons (Fsp3) is 0.0667. The van der Waals surface area contributed by atoms with Gasteiger partial charge in [0.15, 0.2) is 0 Å². The highest BCUT2D eigenvalue weighted by atomic mass is 16.5. The minimum atomic E-state index is 0.576. The number of benzene rings is 3. The molecule has 5 heteroatoms. The highest BCUT2D eigenvalue weighted by molar-refractivity contribution is 6.10. The van der Waals surface area contributed by atoms with E-state index in [0.717, 1.165) is 39.4 Å². The molecular formula is C30H24N4O. The van der Waals surface area contributed by atoms with Crippen molar-refractivity contribution < 1.29 is 4.74 Å². The van der Waals surface area contributed by atoms with Crippen molar-refractivity contribution in [2.75, 3.05) is 19.0 Å². The van der Waals surface area contributed by atoms with E-state index in [2.05, 4.69) is 75.1 Å². The Bertz CT molecular complexity index is 1640. The van der Waals surface area contributed by atoms with Gasteiger partial charge in [0.05, 0.1) is 22.9 Å². The van der Waals surface area contributed by atoms with Crippen LogP contribution in [0.2, 0.25) is 0 Å². The van der Waals surface area contributed by atoms with Gasteiger partial charge in [-0.2, -0.15) is 0 Å². The molecule has 6 rings (SSSR count).